The third-order valence-corrected chi connectivity index (χ3v) is 3.15. The molecule has 1 amide bonds. The number of rotatable bonds is 3. The third kappa shape index (κ3) is 3.05. The SMILES string of the molecule is CN1CCC(NC(=O)c2cccc(CN)c2)C1. The minimum Gasteiger partial charge on any atom is -0.348 e. The van der Waals surface area contributed by atoms with Crippen LogP contribution >= 0.6 is 0 Å². The molecule has 1 aromatic rings. The van der Waals surface area contributed by atoms with E-state index in [1.807, 2.05) is 24.3 Å². The van der Waals surface area contributed by atoms with Crippen molar-refractivity contribution >= 4 is 5.91 Å². The first-order valence-corrected chi connectivity index (χ1v) is 5.97. The van der Waals surface area contributed by atoms with E-state index in [2.05, 4.69) is 17.3 Å². The minimum absolute atomic E-state index is 0.000556. The Morgan fingerprint density at radius 2 is 2.41 bits per heavy atom. The molecule has 1 aromatic carbocycles. The van der Waals surface area contributed by atoms with Crippen molar-refractivity contribution in [2.75, 3.05) is 20.1 Å². The number of amides is 1. The molecule has 0 aliphatic carbocycles. The van der Waals surface area contributed by atoms with Gasteiger partial charge in [-0.15, -0.1) is 0 Å². The minimum atomic E-state index is 0.000556. The maximum atomic E-state index is 12.0. The first-order chi connectivity index (χ1) is 8.19. The van der Waals surface area contributed by atoms with Gasteiger partial charge in [-0.3, -0.25) is 4.79 Å². The van der Waals surface area contributed by atoms with Gasteiger partial charge in [-0.1, -0.05) is 12.1 Å². The predicted octanol–water partition coefficient (Wildman–Crippen LogP) is 0.579. The van der Waals surface area contributed by atoms with E-state index in [0.717, 1.165) is 25.1 Å². The molecule has 1 atom stereocenters. The molecule has 0 aromatic heterocycles. The molecule has 1 heterocycles. The second kappa shape index (κ2) is 5.29. The van der Waals surface area contributed by atoms with Crippen molar-refractivity contribution in [1.29, 1.82) is 0 Å². The Morgan fingerprint density at radius 1 is 1.59 bits per heavy atom. The van der Waals surface area contributed by atoms with E-state index < -0.39 is 0 Å². The van der Waals surface area contributed by atoms with Crippen LogP contribution in [0.3, 0.4) is 0 Å². The Hall–Kier alpha value is -1.39. The lowest BCUT2D eigenvalue weighted by Gasteiger charge is -2.13. The smallest absolute Gasteiger partial charge is 0.251 e. The Balaban J connectivity index is 1.99. The quantitative estimate of drug-likeness (QED) is 0.803. The molecule has 1 fully saturated rings. The monoisotopic (exact) mass is 233 g/mol. The zero-order valence-corrected chi connectivity index (χ0v) is 10.1. The molecule has 0 saturated carbocycles. The van der Waals surface area contributed by atoms with Crippen molar-refractivity contribution in [3.05, 3.63) is 35.4 Å². The van der Waals surface area contributed by atoms with Crippen LogP contribution in [-0.4, -0.2) is 37.0 Å². The van der Waals surface area contributed by atoms with E-state index in [-0.39, 0.29) is 11.9 Å². The summed E-state index contributed by atoms with van der Waals surface area (Å²) in [6.07, 6.45) is 1.03. The Kier molecular flexibility index (Phi) is 3.76. The average molecular weight is 233 g/mol. The third-order valence-electron chi connectivity index (χ3n) is 3.15. The summed E-state index contributed by atoms with van der Waals surface area (Å²) in [6, 6.07) is 7.76. The topological polar surface area (TPSA) is 58.4 Å². The van der Waals surface area contributed by atoms with Crippen molar-refractivity contribution in [2.24, 2.45) is 5.73 Å². The van der Waals surface area contributed by atoms with Gasteiger partial charge in [-0.25, -0.2) is 0 Å². The van der Waals surface area contributed by atoms with Gasteiger partial charge in [0.25, 0.3) is 5.91 Å². The van der Waals surface area contributed by atoms with Gasteiger partial charge >= 0.3 is 0 Å². The molecule has 4 heteroatoms. The molecule has 0 bridgehead atoms. The maximum absolute atomic E-state index is 12.0. The highest BCUT2D eigenvalue weighted by Crippen LogP contribution is 2.09. The summed E-state index contributed by atoms with van der Waals surface area (Å²) in [4.78, 5) is 14.2. The first kappa shape index (κ1) is 12.1. The van der Waals surface area contributed by atoms with Crippen LogP contribution in [0.25, 0.3) is 0 Å². The van der Waals surface area contributed by atoms with E-state index in [4.69, 9.17) is 5.73 Å². The predicted molar refractivity (Wildman–Crippen MR) is 67.7 cm³/mol. The fourth-order valence-corrected chi connectivity index (χ4v) is 2.16. The van der Waals surface area contributed by atoms with Gasteiger partial charge in [0.1, 0.15) is 0 Å². The first-order valence-electron chi connectivity index (χ1n) is 5.97. The van der Waals surface area contributed by atoms with E-state index in [1.165, 1.54) is 0 Å². The summed E-state index contributed by atoms with van der Waals surface area (Å²) in [7, 11) is 2.07. The number of carbonyl (C=O) groups excluding carboxylic acids is 1. The van der Waals surface area contributed by atoms with Crippen LogP contribution in [0.2, 0.25) is 0 Å². The summed E-state index contributed by atoms with van der Waals surface area (Å²) < 4.78 is 0. The Bertz CT molecular complexity index is 405. The van der Waals surface area contributed by atoms with Crippen molar-refractivity contribution in [2.45, 2.75) is 19.0 Å². The van der Waals surface area contributed by atoms with Crippen LogP contribution in [0.4, 0.5) is 0 Å². The highest BCUT2D eigenvalue weighted by Gasteiger charge is 2.21. The fourth-order valence-electron chi connectivity index (χ4n) is 2.16. The number of hydrogen-bond donors (Lipinski definition) is 2. The number of likely N-dealkylation sites (tertiary alicyclic amines) is 1. The van der Waals surface area contributed by atoms with Crippen LogP contribution in [-0.2, 0) is 6.54 Å². The van der Waals surface area contributed by atoms with E-state index in [9.17, 15) is 4.79 Å². The van der Waals surface area contributed by atoms with Crippen molar-refractivity contribution in [3.63, 3.8) is 0 Å². The molecule has 3 N–H and O–H groups in total. The van der Waals surface area contributed by atoms with E-state index in [1.54, 1.807) is 0 Å². The van der Waals surface area contributed by atoms with Crippen LogP contribution in [0.15, 0.2) is 24.3 Å². The van der Waals surface area contributed by atoms with Gasteiger partial charge in [0.2, 0.25) is 0 Å². The lowest BCUT2D eigenvalue weighted by molar-refractivity contribution is 0.0938. The molecule has 0 radical (unpaired) electrons. The highest BCUT2D eigenvalue weighted by atomic mass is 16.1. The number of nitrogens with one attached hydrogen (secondary N) is 1. The van der Waals surface area contributed by atoms with Crippen LogP contribution in [0.5, 0.6) is 0 Å². The number of nitrogens with zero attached hydrogens (tertiary/aromatic N) is 1. The molecule has 0 spiro atoms. The number of hydrogen-bond acceptors (Lipinski definition) is 3. The second-order valence-electron chi connectivity index (χ2n) is 4.63. The van der Waals surface area contributed by atoms with Crippen molar-refractivity contribution in [1.82, 2.24) is 10.2 Å². The largest absolute Gasteiger partial charge is 0.348 e. The van der Waals surface area contributed by atoms with Gasteiger partial charge < -0.3 is 16.0 Å². The molecule has 1 aliphatic heterocycles. The number of carbonyl (C=O) groups is 1. The standard InChI is InChI=1S/C13H19N3O/c1-16-6-5-12(9-16)15-13(17)11-4-2-3-10(7-11)8-14/h2-4,7,12H,5-6,8-9,14H2,1H3,(H,15,17). The van der Waals surface area contributed by atoms with E-state index >= 15 is 0 Å². The molecular formula is C13H19N3O. The molecule has 17 heavy (non-hydrogen) atoms. The highest BCUT2D eigenvalue weighted by molar-refractivity contribution is 5.94. The molecule has 4 nitrogen and oxygen atoms in total. The molecule has 2 rings (SSSR count). The summed E-state index contributed by atoms with van der Waals surface area (Å²) in [6.45, 7) is 2.45. The lowest BCUT2D eigenvalue weighted by Crippen LogP contribution is -2.36. The fraction of sp³-hybridized carbons (Fsp3) is 0.462. The van der Waals surface area contributed by atoms with Crippen molar-refractivity contribution < 1.29 is 4.79 Å². The number of benzene rings is 1. The molecular weight excluding hydrogens is 214 g/mol. The Labute approximate surface area is 102 Å². The lowest BCUT2D eigenvalue weighted by atomic mass is 10.1. The Morgan fingerprint density at radius 3 is 3.06 bits per heavy atom. The van der Waals surface area contributed by atoms with Gasteiger partial charge in [0.05, 0.1) is 0 Å². The summed E-state index contributed by atoms with van der Waals surface area (Å²) >= 11 is 0. The molecule has 1 aliphatic rings. The second-order valence-corrected chi connectivity index (χ2v) is 4.63. The maximum Gasteiger partial charge on any atom is 0.251 e. The summed E-state index contributed by atoms with van der Waals surface area (Å²) in [5.41, 5.74) is 7.25. The zero-order valence-electron chi connectivity index (χ0n) is 10.1. The van der Waals surface area contributed by atoms with Gasteiger partial charge in [0, 0.05) is 24.7 Å². The van der Waals surface area contributed by atoms with Crippen LogP contribution in [0.1, 0.15) is 22.3 Å². The van der Waals surface area contributed by atoms with Crippen molar-refractivity contribution in [3.8, 4) is 0 Å². The van der Waals surface area contributed by atoms with E-state index in [0.29, 0.717) is 12.1 Å². The van der Waals surface area contributed by atoms with Gasteiger partial charge in [0.15, 0.2) is 0 Å². The van der Waals surface area contributed by atoms with Gasteiger partial charge in [-0.05, 0) is 37.7 Å². The molecule has 1 unspecified atom stereocenters. The number of nitrogens with two attached hydrogens (primary N) is 1. The number of likely N-dealkylation sites (N-methyl/N-ethyl adjacent to an activating group) is 1. The summed E-state index contributed by atoms with van der Waals surface area (Å²) in [5.74, 6) is 0.000556. The van der Waals surface area contributed by atoms with Gasteiger partial charge in [-0.2, -0.15) is 0 Å². The van der Waals surface area contributed by atoms with Crippen LogP contribution < -0.4 is 11.1 Å². The molecule has 1 saturated heterocycles. The normalized spacial score (nSPS) is 20.5. The van der Waals surface area contributed by atoms with Crippen LogP contribution in [0, 0.1) is 0 Å². The average Bonchev–Trinajstić information content (AvgIpc) is 2.75. The summed E-state index contributed by atoms with van der Waals surface area (Å²) in [5, 5.41) is 3.06. The zero-order chi connectivity index (χ0) is 12.3. The molecule has 92 valence electrons.